The first kappa shape index (κ1) is 18.0. The summed E-state index contributed by atoms with van der Waals surface area (Å²) >= 11 is 0. The summed E-state index contributed by atoms with van der Waals surface area (Å²) in [6.45, 7) is 1.75. The number of para-hydroxylation sites is 1. The number of hydrogen-bond donors (Lipinski definition) is 2. The molecule has 24 heavy (non-hydrogen) atoms. The predicted octanol–water partition coefficient (Wildman–Crippen LogP) is 1.28. The zero-order chi connectivity index (χ0) is 17.4. The molecule has 0 aliphatic heterocycles. The summed E-state index contributed by atoms with van der Waals surface area (Å²) in [5, 5.41) is 3.62. The average Bonchev–Trinajstić information content (AvgIpc) is 2.96. The van der Waals surface area contributed by atoms with E-state index in [4.69, 9.17) is 14.2 Å². The maximum Gasteiger partial charge on any atom is 0.310 e. The summed E-state index contributed by atoms with van der Waals surface area (Å²) < 4.78 is 14.9. The first-order valence-corrected chi connectivity index (χ1v) is 7.68. The number of benzene rings is 1. The van der Waals surface area contributed by atoms with Crippen LogP contribution in [0.1, 0.15) is 16.1 Å². The van der Waals surface area contributed by atoms with Crippen molar-refractivity contribution in [2.45, 2.75) is 6.42 Å². The molecule has 0 spiro atoms. The quantitative estimate of drug-likeness (QED) is 0.532. The zero-order valence-corrected chi connectivity index (χ0v) is 13.9. The number of methoxy groups -OCH3 is 2. The van der Waals surface area contributed by atoms with Gasteiger partial charge in [-0.05, 0) is 6.07 Å². The highest BCUT2D eigenvalue weighted by atomic mass is 16.5. The van der Waals surface area contributed by atoms with Crippen LogP contribution in [0.4, 0.5) is 0 Å². The van der Waals surface area contributed by atoms with Crippen LogP contribution < -0.4 is 5.32 Å². The normalized spacial score (nSPS) is 10.8. The summed E-state index contributed by atoms with van der Waals surface area (Å²) in [5.41, 5.74) is 1.81. The number of nitrogens with one attached hydrogen (secondary N) is 2. The second-order valence-electron chi connectivity index (χ2n) is 5.14. The molecule has 0 unspecified atom stereocenters. The highest BCUT2D eigenvalue weighted by Gasteiger charge is 2.19. The number of ether oxygens (including phenoxy) is 3. The van der Waals surface area contributed by atoms with E-state index >= 15 is 0 Å². The molecule has 1 heterocycles. The number of rotatable bonds is 9. The molecule has 2 aromatic rings. The van der Waals surface area contributed by atoms with Crippen molar-refractivity contribution in [3.05, 3.63) is 35.5 Å². The van der Waals surface area contributed by atoms with Gasteiger partial charge in [0.25, 0.3) is 5.91 Å². The molecule has 0 saturated heterocycles. The van der Waals surface area contributed by atoms with Crippen molar-refractivity contribution in [1.82, 2.24) is 10.3 Å². The van der Waals surface area contributed by atoms with Crippen molar-refractivity contribution < 1.29 is 23.8 Å². The summed E-state index contributed by atoms with van der Waals surface area (Å²) in [6.07, 6.45) is 0.0353. The van der Waals surface area contributed by atoms with Gasteiger partial charge in [0.1, 0.15) is 5.69 Å². The Labute approximate surface area is 140 Å². The highest BCUT2D eigenvalue weighted by Crippen LogP contribution is 2.23. The Hall–Kier alpha value is -2.38. The number of fused-ring (bicyclic) bond motifs is 1. The summed E-state index contributed by atoms with van der Waals surface area (Å²) in [6, 6.07) is 7.46. The Bertz CT molecular complexity index is 695. The van der Waals surface area contributed by atoms with E-state index in [9.17, 15) is 9.59 Å². The molecule has 0 aliphatic carbocycles. The van der Waals surface area contributed by atoms with E-state index < -0.39 is 5.97 Å². The minimum atomic E-state index is -0.392. The van der Waals surface area contributed by atoms with Crippen LogP contribution in [0.25, 0.3) is 10.9 Å². The van der Waals surface area contributed by atoms with E-state index in [0.29, 0.717) is 37.6 Å². The highest BCUT2D eigenvalue weighted by molar-refractivity contribution is 6.02. The zero-order valence-electron chi connectivity index (χ0n) is 13.9. The lowest BCUT2D eigenvalue weighted by Gasteiger charge is -2.07. The summed E-state index contributed by atoms with van der Waals surface area (Å²) in [4.78, 5) is 27.2. The van der Waals surface area contributed by atoms with Crippen molar-refractivity contribution in [3.63, 3.8) is 0 Å². The fraction of sp³-hybridized carbons (Fsp3) is 0.412. The van der Waals surface area contributed by atoms with E-state index in [1.165, 1.54) is 7.11 Å². The SMILES string of the molecule is COCCOCCNC(=O)c1[nH]c2ccccc2c1CC(=O)OC. The molecule has 1 aromatic carbocycles. The topological polar surface area (TPSA) is 89.7 Å². The molecule has 1 aromatic heterocycles. The lowest BCUT2D eigenvalue weighted by Crippen LogP contribution is -2.29. The number of aromatic amines is 1. The van der Waals surface area contributed by atoms with E-state index in [1.807, 2.05) is 24.3 Å². The van der Waals surface area contributed by atoms with Crippen LogP contribution in [0.3, 0.4) is 0 Å². The Morgan fingerprint density at radius 2 is 1.92 bits per heavy atom. The third kappa shape index (κ3) is 4.56. The van der Waals surface area contributed by atoms with Gasteiger partial charge < -0.3 is 24.5 Å². The number of hydrogen-bond acceptors (Lipinski definition) is 5. The maximum absolute atomic E-state index is 12.4. The predicted molar refractivity (Wildman–Crippen MR) is 89.0 cm³/mol. The molecule has 7 nitrogen and oxygen atoms in total. The average molecular weight is 334 g/mol. The molecule has 0 fully saturated rings. The van der Waals surface area contributed by atoms with Crippen molar-refractivity contribution in [1.29, 1.82) is 0 Å². The van der Waals surface area contributed by atoms with Gasteiger partial charge in [-0.3, -0.25) is 9.59 Å². The van der Waals surface area contributed by atoms with Crippen molar-refractivity contribution in [3.8, 4) is 0 Å². The lowest BCUT2D eigenvalue weighted by atomic mass is 10.1. The molecule has 0 atom stereocenters. The molecule has 1 amide bonds. The van der Waals surface area contributed by atoms with Gasteiger partial charge in [0.2, 0.25) is 0 Å². The van der Waals surface area contributed by atoms with Crippen molar-refractivity contribution in [2.24, 2.45) is 0 Å². The first-order valence-electron chi connectivity index (χ1n) is 7.68. The minimum absolute atomic E-state index is 0.0353. The van der Waals surface area contributed by atoms with E-state index in [1.54, 1.807) is 7.11 Å². The fourth-order valence-corrected chi connectivity index (χ4v) is 2.36. The van der Waals surface area contributed by atoms with E-state index in [-0.39, 0.29) is 12.3 Å². The molecule has 0 saturated carbocycles. The molecule has 0 bridgehead atoms. The standard InChI is InChI=1S/C17H22N2O5/c1-22-9-10-24-8-7-18-17(21)16-13(11-15(20)23-2)12-5-3-4-6-14(12)19-16/h3-6,19H,7-11H2,1-2H3,(H,18,21). The fourth-order valence-electron chi connectivity index (χ4n) is 2.36. The van der Waals surface area contributed by atoms with Gasteiger partial charge in [-0.2, -0.15) is 0 Å². The Morgan fingerprint density at radius 1 is 1.12 bits per heavy atom. The smallest absolute Gasteiger partial charge is 0.310 e. The first-order chi connectivity index (χ1) is 11.7. The van der Waals surface area contributed by atoms with Gasteiger partial charge >= 0.3 is 5.97 Å². The number of esters is 1. The van der Waals surface area contributed by atoms with Gasteiger partial charge in [0, 0.05) is 30.1 Å². The Balaban J connectivity index is 2.07. The molecule has 7 heteroatoms. The van der Waals surface area contributed by atoms with Crippen molar-refractivity contribution >= 4 is 22.8 Å². The molecule has 2 rings (SSSR count). The second kappa shape index (κ2) is 9.05. The number of carbonyl (C=O) groups excluding carboxylic acids is 2. The van der Waals surface area contributed by atoms with E-state index in [0.717, 1.165) is 10.9 Å². The van der Waals surface area contributed by atoms with Gasteiger partial charge in [0.05, 0.1) is 33.4 Å². The number of carbonyl (C=O) groups is 2. The lowest BCUT2D eigenvalue weighted by molar-refractivity contribution is -0.139. The number of amides is 1. The maximum atomic E-state index is 12.4. The van der Waals surface area contributed by atoms with Gasteiger partial charge in [-0.1, -0.05) is 18.2 Å². The van der Waals surface area contributed by atoms with Crippen LogP contribution in [0.2, 0.25) is 0 Å². The van der Waals surface area contributed by atoms with Gasteiger partial charge in [-0.25, -0.2) is 0 Å². The van der Waals surface area contributed by atoms with Gasteiger partial charge in [-0.15, -0.1) is 0 Å². The summed E-state index contributed by atoms with van der Waals surface area (Å²) in [5.74, 6) is -0.669. The molecule has 130 valence electrons. The Morgan fingerprint density at radius 3 is 2.67 bits per heavy atom. The number of H-pyrrole nitrogens is 1. The number of aromatic nitrogens is 1. The largest absolute Gasteiger partial charge is 0.469 e. The molecule has 0 aliphatic rings. The molecular weight excluding hydrogens is 312 g/mol. The van der Waals surface area contributed by atoms with E-state index in [2.05, 4.69) is 10.3 Å². The third-order valence-corrected chi connectivity index (χ3v) is 3.55. The van der Waals surface area contributed by atoms with Crippen LogP contribution in [0.5, 0.6) is 0 Å². The van der Waals surface area contributed by atoms with Crippen LogP contribution in [-0.4, -0.2) is 57.4 Å². The van der Waals surface area contributed by atoms with Crippen LogP contribution in [0.15, 0.2) is 24.3 Å². The molecule has 2 N–H and O–H groups in total. The van der Waals surface area contributed by atoms with Crippen molar-refractivity contribution in [2.75, 3.05) is 40.6 Å². The third-order valence-electron chi connectivity index (χ3n) is 3.55. The molecule has 0 radical (unpaired) electrons. The summed E-state index contributed by atoms with van der Waals surface area (Å²) in [7, 11) is 2.93. The van der Waals surface area contributed by atoms with Crippen LogP contribution >= 0.6 is 0 Å². The molecular formula is C17H22N2O5. The van der Waals surface area contributed by atoms with Gasteiger partial charge in [0.15, 0.2) is 0 Å². The van der Waals surface area contributed by atoms with Crippen LogP contribution in [0, 0.1) is 0 Å². The van der Waals surface area contributed by atoms with Crippen LogP contribution in [-0.2, 0) is 25.4 Å². The second-order valence-corrected chi connectivity index (χ2v) is 5.14. The monoisotopic (exact) mass is 334 g/mol. The Kier molecular flexibility index (Phi) is 6.77. The minimum Gasteiger partial charge on any atom is -0.469 e.